The fraction of sp³-hybridized carbons (Fsp3) is 0.353. The maximum Gasteiger partial charge on any atom is 0.434 e. The van der Waals surface area contributed by atoms with E-state index in [0.717, 1.165) is 22.3 Å². The molecule has 28 heavy (non-hydrogen) atoms. The lowest BCUT2D eigenvalue weighted by atomic mass is 10.1. The van der Waals surface area contributed by atoms with Gasteiger partial charge in [-0.1, -0.05) is 12.1 Å². The smallest absolute Gasteiger partial charge is 0.356 e. The van der Waals surface area contributed by atoms with Crippen molar-refractivity contribution < 1.29 is 18.0 Å². The highest BCUT2D eigenvalue weighted by Gasteiger charge is 2.33. The van der Waals surface area contributed by atoms with Crippen molar-refractivity contribution in [2.24, 2.45) is 4.99 Å². The topological polar surface area (TPSA) is 78.4 Å². The number of halogens is 4. The third kappa shape index (κ3) is 7.26. The van der Waals surface area contributed by atoms with E-state index in [4.69, 9.17) is 0 Å². The van der Waals surface area contributed by atoms with Gasteiger partial charge in [-0.3, -0.25) is 9.79 Å². The Labute approximate surface area is 182 Å². The highest BCUT2D eigenvalue weighted by molar-refractivity contribution is 14.0. The molecule has 11 heteroatoms. The zero-order valence-corrected chi connectivity index (χ0v) is 18.4. The minimum absolute atomic E-state index is 0. The monoisotopic (exact) mass is 527 g/mol. The molecule has 0 aliphatic heterocycles. The van der Waals surface area contributed by atoms with Crippen LogP contribution in [-0.4, -0.2) is 37.5 Å². The molecule has 2 aromatic rings. The maximum atomic E-state index is 12.6. The third-order valence-electron chi connectivity index (χ3n) is 3.60. The van der Waals surface area contributed by atoms with Crippen molar-refractivity contribution in [3.8, 4) is 0 Å². The van der Waals surface area contributed by atoms with E-state index in [0.29, 0.717) is 29.5 Å². The quantitative estimate of drug-likeness (QED) is 0.307. The van der Waals surface area contributed by atoms with Crippen LogP contribution in [0.25, 0.3) is 0 Å². The van der Waals surface area contributed by atoms with Crippen molar-refractivity contribution in [2.45, 2.75) is 19.1 Å². The predicted octanol–water partition coefficient (Wildman–Crippen LogP) is 3.05. The summed E-state index contributed by atoms with van der Waals surface area (Å²) in [7, 11) is 3.15. The molecular formula is C17H21F3IN5OS. The first kappa shape index (κ1) is 24.1. The van der Waals surface area contributed by atoms with Crippen molar-refractivity contribution >= 4 is 47.2 Å². The average Bonchev–Trinajstić information content (AvgIpc) is 3.13. The summed E-state index contributed by atoms with van der Waals surface area (Å²) in [5.74, 6) is 0.310. The molecular weight excluding hydrogens is 506 g/mol. The first-order chi connectivity index (χ1) is 12.8. The maximum absolute atomic E-state index is 12.6. The molecule has 1 aromatic carbocycles. The van der Waals surface area contributed by atoms with Crippen LogP contribution in [0.3, 0.4) is 0 Å². The van der Waals surface area contributed by atoms with Gasteiger partial charge < -0.3 is 16.0 Å². The van der Waals surface area contributed by atoms with Gasteiger partial charge in [-0.05, 0) is 24.1 Å². The van der Waals surface area contributed by atoms with Crippen LogP contribution in [0.15, 0.2) is 34.6 Å². The third-order valence-corrected chi connectivity index (χ3v) is 4.44. The Morgan fingerprint density at radius 3 is 2.64 bits per heavy atom. The molecule has 6 nitrogen and oxygen atoms in total. The number of guanidine groups is 1. The van der Waals surface area contributed by atoms with Crippen LogP contribution in [0.1, 0.15) is 26.6 Å². The molecule has 0 fully saturated rings. The van der Waals surface area contributed by atoms with E-state index in [1.54, 1.807) is 20.2 Å². The van der Waals surface area contributed by atoms with Crippen molar-refractivity contribution in [3.63, 3.8) is 0 Å². The second-order valence-corrected chi connectivity index (χ2v) is 6.45. The van der Waals surface area contributed by atoms with Gasteiger partial charge in [-0.15, -0.1) is 35.3 Å². The number of aliphatic imine (C=N–C) groups is 1. The number of alkyl halides is 3. The standard InChI is InChI=1S/C17H20F3N5OS.HI/c1-21-15(26)12-5-3-4-11(8-12)6-7-23-16(22-2)24-9-14-25-13(10-27-14)17(18,19)20;/h3-5,8,10H,6-7,9H2,1-2H3,(H,21,26)(H2,22,23,24);1H. The Bertz CT molecular complexity index is 810. The molecule has 1 aromatic heterocycles. The van der Waals surface area contributed by atoms with Crippen LogP contribution in [0.2, 0.25) is 0 Å². The van der Waals surface area contributed by atoms with Crippen LogP contribution < -0.4 is 16.0 Å². The number of hydrogen-bond acceptors (Lipinski definition) is 4. The minimum atomic E-state index is -4.43. The fourth-order valence-corrected chi connectivity index (χ4v) is 2.98. The number of aromatic nitrogens is 1. The first-order valence-corrected chi connectivity index (χ1v) is 8.98. The highest BCUT2D eigenvalue weighted by Crippen LogP contribution is 2.29. The Morgan fingerprint density at radius 2 is 2.04 bits per heavy atom. The molecule has 1 heterocycles. The molecule has 154 valence electrons. The summed E-state index contributed by atoms with van der Waals surface area (Å²) < 4.78 is 37.7. The number of nitrogens with one attached hydrogen (secondary N) is 3. The molecule has 0 aliphatic carbocycles. The van der Waals surface area contributed by atoms with Crippen LogP contribution in [0, 0.1) is 0 Å². The van der Waals surface area contributed by atoms with Gasteiger partial charge in [-0.2, -0.15) is 13.2 Å². The number of carbonyl (C=O) groups excluding carboxylic acids is 1. The van der Waals surface area contributed by atoms with Crippen LogP contribution >= 0.6 is 35.3 Å². The second-order valence-electron chi connectivity index (χ2n) is 5.51. The van der Waals surface area contributed by atoms with Crippen LogP contribution in [0.5, 0.6) is 0 Å². The van der Waals surface area contributed by atoms with Crippen molar-refractivity contribution in [1.29, 1.82) is 0 Å². The van der Waals surface area contributed by atoms with Crippen LogP contribution in [0.4, 0.5) is 13.2 Å². The minimum Gasteiger partial charge on any atom is -0.356 e. The number of hydrogen-bond donors (Lipinski definition) is 3. The van der Waals surface area contributed by atoms with Crippen molar-refractivity contribution in [1.82, 2.24) is 20.9 Å². The van der Waals surface area contributed by atoms with Gasteiger partial charge in [0.1, 0.15) is 5.01 Å². The summed E-state index contributed by atoms with van der Waals surface area (Å²) in [5, 5.41) is 9.90. The van der Waals surface area contributed by atoms with Gasteiger partial charge in [0.15, 0.2) is 11.7 Å². The lowest BCUT2D eigenvalue weighted by Gasteiger charge is -2.11. The molecule has 0 spiro atoms. The van der Waals surface area contributed by atoms with E-state index in [-0.39, 0.29) is 36.4 Å². The van der Waals surface area contributed by atoms with E-state index < -0.39 is 11.9 Å². The molecule has 0 aliphatic rings. The number of nitrogens with zero attached hydrogens (tertiary/aromatic N) is 2. The summed E-state index contributed by atoms with van der Waals surface area (Å²) in [6.45, 7) is 0.690. The molecule has 0 saturated heterocycles. The van der Waals surface area contributed by atoms with E-state index in [1.165, 1.54) is 0 Å². The van der Waals surface area contributed by atoms with E-state index in [9.17, 15) is 18.0 Å². The largest absolute Gasteiger partial charge is 0.434 e. The number of benzene rings is 1. The molecule has 2 rings (SSSR count). The van der Waals surface area contributed by atoms with Crippen molar-refractivity contribution in [3.05, 3.63) is 51.5 Å². The number of thiazole rings is 1. The summed E-state index contributed by atoms with van der Waals surface area (Å²) in [6, 6.07) is 7.27. The average molecular weight is 527 g/mol. The van der Waals surface area contributed by atoms with Gasteiger partial charge in [0.25, 0.3) is 5.91 Å². The van der Waals surface area contributed by atoms with Crippen molar-refractivity contribution in [2.75, 3.05) is 20.6 Å². The first-order valence-electron chi connectivity index (χ1n) is 8.10. The second kappa shape index (κ2) is 11.2. The van der Waals surface area contributed by atoms with Gasteiger partial charge in [0, 0.05) is 31.6 Å². The van der Waals surface area contributed by atoms with Gasteiger partial charge >= 0.3 is 6.18 Å². The molecule has 0 radical (unpaired) electrons. The van der Waals surface area contributed by atoms with Gasteiger partial charge in [-0.25, -0.2) is 4.98 Å². The summed E-state index contributed by atoms with van der Waals surface area (Å²) >= 11 is 0.942. The highest BCUT2D eigenvalue weighted by atomic mass is 127. The fourth-order valence-electron chi connectivity index (χ4n) is 2.24. The molecule has 3 N–H and O–H groups in total. The summed E-state index contributed by atoms with van der Waals surface area (Å²) in [5.41, 5.74) is 0.679. The zero-order valence-electron chi connectivity index (χ0n) is 15.3. The molecule has 0 atom stereocenters. The van der Waals surface area contributed by atoms with Gasteiger partial charge in [0.05, 0.1) is 6.54 Å². The predicted molar refractivity (Wildman–Crippen MR) is 114 cm³/mol. The zero-order chi connectivity index (χ0) is 19.9. The molecule has 0 bridgehead atoms. The van der Waals surface area contributed by atoms with E-state index in [1.807, 2.05) is 18.2 Å². The molecule has 0 unspecified atom stereocenters. The number of carbonyl (C=O) groups is 1. The Morgan fingerprint density at radius 1 is 1.29 bits per heavy atom. The SMILES string of the molecule is CN=C(NCCc1cccc(C(=O)NC)c1)NCc1nc(C(F)(F)F)cs1.I. The van der Waals surface area contributed by atoms with Crippen LogP contribution in [-0.2, 0) is 19.1 Å². The normalized spacial score (nSPS) is 11.5. The molecule has 0 saturated carbocycles. The lowest BCUT2D eigenvalue weighted by molar-refractivity contribution is -0.140. The lowest BCUT2D eigenvalue weighted by Crippen LogP contribution is -2.37. The number of rotatable bonds is 6. The summed E-state index contributed by atoms with van der Waals surface area (Å²) in [4.78, 5) is 19.2. The Balaban J connectivity index is 0.00000392. The summed E-state index contributed by atoms with van der Waals surface area (Å²) in [6.07, 6.45) is -3.78. The Hall–Kier alpha value is -1.89. The van der Waals surface area contributed by atoms with Gasteiger partial charge in [0.2, 0.25) is 0 Å². The van der Waals surface area contributed by atoms with E-state index >= 15 is 0 Å². The molecule has 1 amide bonds. The number of amides is 1. The van der Waals surface area contributed by atoms with E-state index in [2.05, 4.69) is 25.9 Å². The Kier molecular flexibility index (Phi) is 9.65.